The Bertz CT molecular complexity index is 1650. The molecular formula is C28H29FN6O7. The van der Waals surface area contributed by atoms with Crippen molar-refractivity contribution in [2.75, 3.05) is 19.0 Å². The van der Waals surface area contributed by atoms with Gasteiger partial charge in [0, 0.05) is 29.8 Å². The van der Waals surface area contributed by atoms with E-state index < -0.39 is 29.5 Å². The minimum absolute atomic E-state index is 0.0114. The van der Waals surface area contributed by atoms with Crippen LogP contribution in [-0.4, -0.2) is 56.5 Å². The summed E-state index contributed by atoms with van der Waals surface area (Å²) in [4.78, 5) is 36.3. The Hall–Kier alpha value is -5.66. The topological polar surface area (TPSA) is 206 Å². The molecule has 1 aromatic heterocycles. The highest BCUT2D eigenvalue weighted by atomic mass is 19.1. The summed E-state index contributed by atoms with van der Waals surface area (Å²) in [5.41, 5.74) is 5.82. The number of H-pyrrole nitrogens is 1. The Morgan fingerprint density at radius 3 is 2.36 bits per heavy atom. The lowest BCUT2D eigenvalue weighted by atomic mass is 10.0. The molecule has 13 nitrogen and oxygen atoms in total. The lowest BCUT2D eigenvalue weighted by Crippen LogP contribution is -2.18. The fraction of sp³-hybridized carbons (Fsp3) is 0.179. The van der Waals surface area contributed by atoms with Crippen molar-refractivity contribution in [3.8, 4) is 17.2 Å². The van der Waals surface area contributed by atoms with E-state index in [1.807, 2.05) is 0 Å². The van der Waals surface area contributed by atoms with Crippen LogP contribution in [0.4, 0.5) is 10.1 Å². The van der Waals surface area contributed by atoms with Crippen molar-refractivity contribution in [3.05, 3.63) is 99.5 Å². The number of hydrogen-bond donors (Lipinski definition) is 6. The van der Waals surface area contributed by atoms with Crippen molar-refractivity contribution < 1.29 is 33.7 Å². The third kappa shape index (κ3) is 7.29. The quantitative estimate of drug-likeness (QED) is 0.119. The van der Waals surface area contributed by atoms with Crippen molar-refractivity contribution in [3.63, 3.8) is 0 Å². The van der Waals surface area contributed by atoms with E-state index in [0.717, 1.165) is 11.6 Å². The Kier molecular flexibility index (Phi) is 10.0. The predicted octanol–water partition coefficient (Wildman–Crippen LogP) is 3.38. The number of ether oxygens (including phenoxy) is 2. The minimum atomic E-state index is -1.24. The van der Waals surface area contributed by atoms with Crippen LogP contribution >= 0.6 is 0 Å². The largest absolute Gasteiger partial charge is 0.493 e. The van der Waals surface area contributed by atoms with Gasteiger partial charge in [0.25, 0.3) is 5.97 Å². The van der Waals surface area contributed by atoms with Gasteiger partial charge in [-0.15, -0.1) is 5.10 Å². The van der Waals surface area contributed by atoms with Gasteiger partial charge in [-0.2, -0.15) is 4.68 Å². The van der Waals surface area contributed by atoms with E-state index in [1.165, 1.54) is 37.4 Å². The first-order chi connectivity index (χ1) is 20.0. The zero-order valence-electron chi connectivity index (χ0n) is 22.8. The molecule has 0 amide bonds. The molecule has 220 valence electrons. The molecule has 0 bridgehead atoms. The Morgan fingerprint density at radius 2 is 1.79 bits per heavy atom. The number of benzene rings is 3. The van der Waals surface area contributed by atoms with Crippen LogP contribution < -0.4 is 26.2 Å². The fourth-order valence-corrected chi connectivity index (χ4v) is 3.88. The average molecular weight is 581 g/mol. The molecule has 1 atom stereocenters. The van der Waals surface area contributed by atoms with Crippen LogP contribution in [0.15, 0.2) is 65.5 Å². The zero-order chi connectivity index (χ0) is 31.0. The molecule has 42 heavy (non-hydrogen) atoms. The number of carboxylic acids is 2. The second-order valence-electron chi connectivity index (χ2n) is 8.59. The third-order valence-corrected chi connectivity index (χ3v) is 5.67. The summed E-state index contributed by atoms with van der Waals surface area (Å²) in [6.07, 6.45) is 0. The van der Waals surface area contributed by atoms with Crippen molar-refractivity contribution in [1.82, 2.24) is 14.8 Å². The van der Waals surface area contributed by atoms with Gasteiger partial charge >= 0.3 is 11.7 Å². The van der Waals surface area contributed by atoms with Crippen LogP contribution in [0, 0.1) is 11.2 Å². The van der Waals surface area contributed by atoms with E-state index in [9.17, 15) is 14.7 Å². The van der Waals surface area contributed by atoms with E-state index in [0.29, 0.717) is 17.9 Å². The molecular weight excluding hydrogens is 551 g/mol. The van der Waals surface area contributed by atoms with Gasteiger partial charge in [0.05, 0.1) is 25.0 Å². The third-order valence-electron chi connectivity index (χ3n) is 5.67. The average Bonchev–Trinajstić information content (AvgIpc) is 3.33. The van der Waals surface area contributed by atoms with Crippen molar-refractivity contribution in [1.29, 1.82) is 5.41 Å². The number of hydrogen-bond acceptors (Lipinski definition) is 8. The molecule has 0 radical (unpaired) electrons. The second kappa shape index (κ2) is 13.6. The first kappa shape index (κ1) is 30.9. The lowest BCUT2D eigenvalue weighted by Gasteiger charge is -2.21. The van der Waals surface area contributed by atoms with Crippen molar-refractivity contribution in [2.24, 2.45) is 5.73 Å². The fourth-order valence-electron chi connectivity index (χ4n) is 3.88. The minimum Gasteiger partial charge on any atom is -0.493 e. The number of amidine groups is 1. The van der Waals surface area contributed by atoms with Gasteiger partial charge in [0.1, 0.15) is 17.7 Å². The molecule has 0 aliphatic carbocycles. The number of nitrogens with one attached hydrogen (secondary N) is 3. The van der Waals surface area contributed by atoms with Crippen LogP contribution in [0.3, 0.4) is 0 Å². The molecule has 4 rings (SSSR count). The summed E-state index contributed by atoms with van der Waals surface area (Å²) < 4.78 is 27.2. The number of nitrogen functional groups attached to an aromatic ring is 1. The van der Waals surface area contributed by atoms with Gasteiger partial charge in [-0.3, -0.25) is 15.2 Å². The van der Waals surface area contributed by atoms with Gasteiger partial charge in [-0.05, 0) is 49.4 Å². The first-order valence-electron chi connectivity index (χ1n) is 12.4. The number of aromatic nitrogens is 3. The standard InChI is InChI=1S/C26H25FN6O5.C2H4O2/c1-3-38-21-12-17(18(27)13-20(21)37-2)22(30-15-10-8-14(9-11-15)23(28)29)24-31-26(36)33(32-24)19-7-5-4-6-16(19)25(34)35;1-2(3)4/h4-13,22,30H,3H2,1-2H3,(H3,28,29)(H,34,35)(H,31,32,36);1H3,(H,3,4)/t22-;/m0./s1. The number of nitrogens with two attached hydrogens (primary N) is 1. The number of aromatic amines is 1. The Morgan fingerprint density at radius 1 is 1.14 bits per heavy atom. The lowest BCUT2D eigenvalue weighted by molar-refractivity contribution is -0.134. The highest BCUT2D eigenvalue weighted by molar-refractivity contribution is 5.95. The molecule has 0 aliphatic heterocycles. The predicted molar refractivity (Wildman–Crippen MR) is 151 cm³/mol. The number of anilines is 1. The first-order valence-corrected chi connectivity index (χ1v) is 12.4. The summed E-state index contributed by atoms with van der Waals surface area (Å²) in [6.45, 7) is 3.15. The van der Waals surface area contributed by atoms with Gasteiger partial charge in [0.15, 0.2) is 17.3 Å². The van der Waals surface area contributed by atoms with Crippen LogP contribution in [0.5, 0.6) is 11.5 Å². The van der Waals surface area contributed by atoms with E-state index >= 15 is 4.39 Å². The number of rotatable bonds is 10. The number of halogens is 1. The number of methoxy groups -OCH3 is 1. The molecule has 7 N–H and O–H groups in total. The second-order valence-corrected chi connectivity index (χ2v) is 8.59. The maximum absolute atomic E-state index is 15.4. The molecule has 0 aliphatic rings. The van der Waals surface area contributed by atoms with E-state index in [1.54, 1.807) is 37.3 Å². The smallest absolute Gasteiger partial charge is 0.348 e. The van der Waals surface area contributed by atoms with Gasteiger partial charge in [0.2, 0.25) is 0 Å². The molecule has 4 aromatic rings. The Labute approximate surface area is 238 Å². The Balaban J connectivity index is 0.00000114. The highest BCUT2D eigenvalue weighted by Crippen LogP contribution is 2.35. The summed E-state index contributed by atoms with van der Waals surface area (Å²) >= 11 is 0. The number of aromatic carboxylic acids is 1. The van der Waals surface area contributed by atoms with E-state index in [2.05, 4.69) is 15.4 Å². The van der Waals surface area contributed by atoms with Crippen molar-refractivity contribution in [2.45, 2.75) is 19.9 Å². The number of para-hydroxylation sites is 1. The number of carboxylic acid groups (broad SMARTS) is 2. The number of nitrogens with zero attached hydrogens (tertiary/aromatic N) is 2. The summed E-state index contributed by atoms with van der Waals surface area (Å²) in [6, 6.07) is 14.0. The summed E-state index contributed by atoms with van der Waals surface area (Å²) in [5.74, 6) is -2.37. The van der Waals surface area contributed by atoms with Crippen LogP contribution in [0.1, 0.15) is 47.2 Å². The number of aliphatic carboxylic acids is 1. The molecule has 0 spiro atoms. The maximum Gasteiger partial charge on any atom is 0.348 e. The van der Waals surface area contributed by atoms with Crippen LogP contribution in [0.25, 0.3) is 5.69 Å². The summed E-state index contributed by atoms with van der Waals surface area (Å²) in [7, 11) is 1.39. The molecule has 0 fully saturated rings. The van der Waals surface area contributed by atoms with Crippen LogP contribution in [-0.2, 0) is 4.79 Å². The van der Waals surface area contributed by atoms with E-state index in [4.69, 9.17) is 30.5 Å². The van der Waals surface area contributed by atoms with Gasteiger partial charge < -0.3 is 30.7 Å². The molecule has 14 heteroatoms. The molecule has 1 heterocycles. The molecule has 3 aromatic carbocycles. The maximum atomic E-state index is 15.4. The zero-order valence-corrected chi connectivity index (χ0v) is 22.8. The normalized spacial score (nSPS) is 11.0. The molecule has 0 saturated heterocycles. The SMILES string of the molecule is CC(=O)O.CCOc1cc([C@H](Nc2ccc(C(=N)N)cc2)c2nn(-c3ccccc3C(=O)O)c(=O)[nH]2)c(F)cc1OC. The molecule has 0 unspecified atom stereocenters. The van der Waals surface area contributed by atoms with Gasteiger partial charge in [-0.1, -0.05) is 12.1 Å². The number of carbonyl (C=O) groups is 2. The van der Waals surface area contributed by atoms with Crippen LogP contribution in [0.2, 0.25) is 0 Å². The monoisotopic (exact) mass is 580 g/mol. The van der Waals surface area contributed by atoms with Crippen molar-refractivity contribution >= 4 is 23.5 Å². The molecule has 0 saturated carbocycles. The summed E-state index contributed by atoms with van der Waals surface area (Å²) in [5, 5.41) is 32.1. The highest BCUT2D eigenvalue weighted by Gasteiger charge is 2.26. The van der Waals surface area contributed by atoms with E-state index in [-0.39, 0.29) is 40.0 Å². The van der Waals surface area contributed by atoms with Gasteiger partial charge in [-0.25, -0.2) is 14.0 Å².